The molecule has 0 radical (unpaired) electrons. The Morgan fingerprint density at radius 2 is 1.61 bits per heavy atom. The average molecular weight is 324 g/mol. The van der Waals surface area contributed by atoms with Crippen LogP contribution in [0.2, 0.25) is 0 Å². The highest BCUT2D eigenvalue weighted by molar-refractivity contribution is 7.89. The Morgan fingerprint density at radius 3 is 2.35 bits per heavy atom. The number of benzene rings is 3. The summed E-state index contributed by atoms with van der Waals surface area (Å²) in [5, 5.41) is 6.07. The number of nitrogens with one attached hydrogen (secondary N) is 1. The van der Waals surface area contributed by atoms with E-state index in [9.17, 15) is 8.42 Å². The molecular formula is C18H16N2O2S. The summed E-state index contributed by atoms with van der Waals surface area (Å²) in [6.45, 7) is 1.90. The third-order valence-electron chi connectivity index (χ3n) is 3.49. The van der Waals surface area contributed by atoms with Gasteiger partial charge in [-0.25, -0.2) is 4.83 Å². The van der Waals surface area contributed by atoms with E-state index in [1.54, 1.807) is 24.3 Å². The third-order valence-corrected chi connectivity index (χ3v) is 4.73. The number of sulfonamides is 1. The summed E-state index contributed by atoms with van der Waals surface area (Å²) in [6, 6.07) is 20.4. The molecule has 0 amide bonds. The van der Waals surface area contributed by atoms with Crippen LogP contribution in [0.4, 0.5) is 0 Å². The van der Waals surface area contributed by atoms with Crippen LogP contribution in [0.1, 0.15) is 11.1 Å². The summed E-state index contributed by atoms with van der Waals surface area (Å²) in [4.78, 5) is 2.43. The van der Waals surface area contributed by atoms with Crippen molar-refractivity contribution in [2.75, 3.05) is 0 Å². The van der Waals surface area contributed by atoms with Crippen molar-refractivity contribution in [3.63, 3.8) is 0 Å². The minimum absolute atomic E-state index is 0.193. The number of aryl methyl sites for hydroxylation is 1. The molecule has 5 heteroatoms. The molecule has 0 spiro atoms. The fourth-order valence-electron chi connectivity index (χ4n) is 2.23. The van der Waals surface area contributed by atoms with Crippen molar-refractivity contribution in [3.05, 3.63) is 77.9 Å². The van der Waals surface area contributed by atoms with Gasteiger partial charge in [0.2, 0.25) is 0 Å². The summed E-state index contributed by atoms with van der Waals surface area (Å²) >= 11 is 0. The second-order valence-electron chi connectivity index (χ2n) is 5.27. The quantitative estimate of drug-likeness (QED) is 0.590. The van der Waals surface area contributed by atoms with E-state index in [0.717, 1.165) is 21.9 Å². The molecule has 4 nitrogen and oxygen atoms in total. The predicted octanol–water partition coefficient (Wildman–Crippen LogP) is 3.46. The Morgan fingerprint density at radius 1 is 0.913 bits per heavy atom. The maximum absolute atomic E-state index is 12.1. The first-order valence-electron chi connectivity index (χ1n) is 7.15. The SMILES string of the molecule is Cc1ccc(S(=O)(=O)NN=Cc2ccc3ccccc3c2)cc1. The summed E-state index contributed by atoms with van der Waals surface area (Å²) in [5.74, 6) is 0. The van der Waals surface area contributed by atoms with Gasteiger partial charge >= 0.3 is 0 Å². The van der Waals surface area contributed by atoms with Crippen molar-refractivity contribution in [3.8, 4) is 0 Å². The highest BCUT2D eigenvalue weighted by Gasteiger charge is 2.11. The minimum atomic E-state index is -3.64. The Hall–Kier alpha value is -2.66. The highest BCUT2D eigenvalue weighted by Crippen LogP contribution is 2.14. The standard InChI is InChI=1S/C18H16N2O2S/c1-14-6-10-18(11-7-14)23(21,22)20-19-13-15-8-9-16-4-2-3-5-17(16)12-15/h2-13,20H,1H3. The molecule has 0 aromatic heterocycles. The second-order valence-corrected chi connectivity index (χ2v) is 6.93. The summed E-state index contributed by atoms with van der Waals surface area (Å²) in [5.41, 5.74) is 1.83. The molecule has 0 aliphatic heterocycles. The molecule has 116 valence electrons. The molecule has 0 heterocycles. The molecular weight excluding hydrogens is 308 g/mol. The second kappa shape index (κ2) is 6.22. The van der Waals surface area contributed by atoms with Gasteiger partial charge in [0.05, 0.1) is 11.1 Å². The van der Waals surface area contributed by atoms with Crippen LogP contribution in [0.5, 0.6) is 0 Å². The van der Waals surface area contributed by atoms with E-state index in [2.05, 4.69) is 9.93 Å². The number of rotatable bonds is 4. The third kappa shape index (κ3) is 3.57. The number of hydrogen-bond acceptors (Lipinski definition) is 3. The lowest BCUT2D eigenvalue weighted by Gasteiger charge is -2.03. The van der Waals surface area contributed by atoms with Gasteiger partial charge < -0.3 is 0 Å². The molecule has 3 aromatic carbocycles. The Balaban J connectivity index is 1.78. The smallest absolute Gasteiger partial charge is 0.200 e. The van der Waals surface area contributed by atoms with Gasteiger partial charge in [0.25, 0.3) is 10.0 Å². The van der Waals surface area contributed by atoms with Crippen molar-refractivity contribution in [2.45, 2.75) is 11.8 Å². The van der Waals surface area contributed by atoms with Crippen molar-refractivity contribution >= 4 is 27.0 Å². The zero-order valence-electron chi connectivity index (χ0n) is 12.6. The molecule has 3 rings (SSSR count). The summed E-state index contributed by atoms with van der Waals surface area (Å²) in [7, 11) is -3.64. The van der Waals surface area contributed by atoms with E-state index in [4.69, 9.17) is 0 Å². The van der Waals surface area contributed by atoms with Crippen LogP contribution in [0, 0.1) is 6.92 Å². The first kappa shape index (κ1) is 15.2. The molecule has 3 aromatic rings. The largest absolute Gasteiger partial charge is 0.276 e. The molecule has 1 N–H and O–H groups in total. The number of fused-ring (bicyclic) bond motifs is 1. The average Bonchev–Trinajstić information content (AvgIpc) is 2.55. The lowest BCUT2D eigenvalue weighted by atomic mass is 10.1. The number of hydrazone groups is 1. The van der Waals surface area contributed by atoms with Crippen molar-refractivity contribution < 1.29 is 8.42 Å². The van der Waals surface area contributed by atoms with Gasteiger partial charge in [-0.2, -0.15) is 13.5 Å². The fraction of sp³-hybridized carbons (Fsp3) is 0.0556. The first-order chi connectivity index (χ1) is 11.0. The maximum atomic E-state index is 12.1. The van der Waals surface area contributed by atoms with E-state index in [-0.39, 0.29) is 4.90 Å². The van der Waals surface area contributed by atoms with Crippen molar-refractivity contribution in [2.24, 2.45) is 5.10 Å². The lowest BCUT2D eigenvalue weighted by Crippen LogP contribution is -2.18. The van der Waals surface area contributed by atoms with Gasteiger partial charge in [0, 0.05) is 0 Å². The van der Waals surface area contributed by atoms with Crippen LogP contribution in [0.15, 0.2) is 76.7 Å². The summed E-state index contributed by atoms with van der Waals surface area (Å²) < 4.78 is 24.2. The molecule has 0 aliphatic carbocycles. The van der Waals surface area contributed by atoms with Crippen LogP contribution in [0.3, 0.4) is 0 Å². The van der Waals surface area contributed by atoms with E-state index < -0.39 is 10.0 Å². The molecule has 0 unspecified atom stereocenters. The highest BCUT2D eigenvalue weighted by atomic mass is 32.2. The first-order valence-corrected chi connectivity index (χ1v) is 8.63. The van der Waals surface area contributed by atoms with Crippen molar-refractivity contribution in [1.82, 2.24) is 4.83 Å². The van der Waals surface area contributed by atoms with Gasteiger partial charge in [-0.05, 0) is 41.5 Å². The Labute approximate surface area is 135 Å². The Kier molecular flexibility index (Phi) is 4.12. The molecule has 0 saturated carbocycles. The van der Waals surface area contributed by atoms with Gasteiger partial charge in [-0.3, -0.25) is 0 Å². The van der Waals surface area contributed by atoms with Gasteiger partial charge in [0.15, 0.2) is 0 Å². The molecule has 0 fully saturated rings. The van der Waals surface area contributed by atoms with Gasteiger partial charge in [-0.15, -0.1) is 0 Å². The predicted molar refractivity (Wildman–Crippen MR) is 93.0 cm³/mol. The number of hydrogen-bond donors (Lipinski definition) is 1. The van der Waals surface area contributed by atoms with E-state index in [1.807, 2.05) is 49.4 Å². The number of nitrogens with zero attached hydrogens (tertiary/aromatic N) is 1. The maximum Gasteiger partial charge on any atom is 0.276 e. The van der Waals surface area contributed by atoms with E-state index in [0.29, 0.717) is 0 Å². The van der Waals surface area contributed by atoms with Crippen LogP contribution in [0.25, 0.3) is 10.8 Å². The lowest BCUT2D eigenvalue weighted by molar-refractivity contribution is 0.584. The zero-order valence-corrected chi connectivity index (χ0v) is 13.4. The van der Waals surface area contributed by atoms with Gasteiger partial charge in [-0.1, -0.05) is 54.1 Å². The monoisotopic (exact) mass is 324 g/mol. The van der Waals surface area contributed by atoms with Crippen LogP contribution in [-0.2, 0) is 10.0 Å². The molecule has 0 bridgehead atoms. The molecule has 23 heavy (non-hydrogen) atoms. The topological polar surface area (TPSA) is 58.5 Å². The van der Waals surface area contributed by atoms with Crippen LogP contribution >= 0.6 is 0 Å². The van der Waals surface area contributed by atoms with Crippen LogP contribution < -0.4 is 4.83 Å². The van der Waals surface area contributed by atoms with Crippen molar-refractivity contribution in [1.29, 1.82) is 0 Å². The fourth-order valence-corrected chi connectivity index (χ4v) is 3.02. The molecule has 0 aliphatic rings. The minimum Gasteiger partial charge on any atom is -0.200 e. The van der Waals surface area contributed by atoms with E-state index >= 15 is 0 Å². The Bertz CT molecular complexity index is 962. The zero-order chi connectivity index (χ0) is 16.3. The van der Waals surface area contributed by atoms with Crippen LogP contribution in [-0.4, -0.2) is 14.6 Å². The molecule has 0 atom stereocenters. The van der Waals surface area contributed by atoms with E-state index in [1.165, 1.54) is 6.21 Å². The molecule has 0 saturated heterocycles. The van der Waals surface area contributed by atoms with Gasteiger partial charge in [0.1, 0.15) is 0 Å². The summed E-state index contributed by atoms with van der Waals surface area (Å²) in [6.07, 6.45) is 1.50. The normalized spacial score (nSPS) is 11.9.